The van der Waals surface area contributed by atoms with Crippen molar-refractivity contribution in [2.75, 3.05) is 20.3 Å². The number of rotatable bonds is 2. The van der Waals surface area contributed by atoms with Crippen LogP contribution in [0.25, 0.3) is 0 Å². The van der Waals surface area contributed by atoms with Gasteiger partial charge in [-0.05, 0) is 44.2 Å². The molecule has 1 aliphatic carbocycles. The number of carbonyl (C=O) groups excluding carboxylic acids is 1. The second-order valence-electron chi connectivity index (χ2n) is 6.41. The maximum absolute atomic E-state index is 13.1. The van der Waals surface area contributed by atoms with E-state index in [1.165, 1.54) is 0 Å². The molecule has 0 radical (unpaired) electrons. The van der Waals surface area contributed by atoms with Gasteiger partial charge in [-0.25, -0.2) is 0 Å². The highest BCUT2D eigenvalue weighted by molar-refractivity contribution is 5.97. The van der Waals surface area contributed by atoms with Crippen molar-refractivity contribution >= 4 is 5.91 Å². The number of fused-ring (bicyclic) bond motifs is 1. The third-order valence-corrected chi connectivity index (χ3v) is 5.06. The van der Waals surface area contributed by atoms with E-state index in [-0.39, 0.29) is 24.2 Å². The van der Waals surface area contributed by atoms with Gasteiger partial charge in [0.1, 0.15) is 0 Å². The van der Waals surface area contributed by atoms with E-state index in [9.17, 15) is 4.79 Å². The zero-order valence-corrected chi connectivity index (χ0v) is 13.7. The number of carbonyl (C=O) groups is 1. The predicted molar refractivity (Wildman–Crippen MR) is 85.1 cm³/mol. The van der Waals surface area contributed by atoms with Crippen LogP contribution in [0.5, 0.6) is 0 Å². The number of aryl methyl sites for hydroxylation is 2. The van der Waals surface area contributed by atoms with Crippen molar-refractivity contribution in [3.63, 3.8) is 0 Å². The number of benzene rings is 1. The molecule has 0 spiro atoms. The van der Waals surface area contributed by atoms with Crippen molar-refractivity contribution in [1.82, 2.24) is 4.90 Å². The van der Waals surface area contributed by atoms with Gasteiger partial charge in [0.05, 0.1) is 24.9 Å². The first-order chi connectivity index (χ1) is 10.6. The number of ether oxygens (including phenoxy) is 2. The molecule has 4 heteroatoms. The molecular weight excluding hydrogens is 278 g/mol. The van der Waals surface area contributed by atoms with Gasteiger partial charge in [0.25, 0.3) is 5.91 Å². The van der Waals surface area contributed by atoms with Crippen molar-refractivity contribution in [1.29, 1.82) is 0 Å². The molecule has 1 aromatic rings. The average Bonchev–Trinajstić information content (AvgIpc) is 2.53. The second-order valence-corrected chi connectivity index (χ2v) is 6.41. The van der Waals surface area contributed by atoms with Gasteiger partial charge in [-0.2, -0.15) is 0 Å². The SMILES string of the molecule is COC1CCC2OCCN(C(=O)c3c(C)cccc3C)C2C1. The molecule has 120 valence electrons. The Morgan fingerprint density at radius 2 is 2.00 bits per heavy atom. The van der Waals surface area contributed by atoms with Crippen LogP contribution in [0.15, 0.2) is 18.2 Å². The van der Waals surface area contributed by atoms with Crippen molar-refractivity contribution < 1.29 is 14.3 Å². The van der Waals surface area contributed by atoms with E-state index in [2.05, 4.69) is 0 Å². The Labute approximate surface area is 132 Å². The summed E-state index contributed by atoms with van der Waals surface area (Å²) in [6.07, 6.45) is 3.25. The van der Waals surface area contributed by atoms with E-state index in [4.69, 9.17) is 9.47 Å². The molecule has 1 saturated carbocycles. The molecular formula is C18H25NO3. The molecule has 3 rings (SSSR count). The maximum atomic E-state index is 13.1. The molecule has 3 unspecified atom stereocenters. The van der Waals surface area contributed by atoms with Crippen LogP contribution in [0.2, 0.25) is 0 Å². The Kier molecular flexibility index (Phi) is 4.50. The Hall–Kier alpha value is -1.39. The van der Waals surface area contributed by atoms with Gasteiger partial charge in [0.15, 0.2) is 0 Å². The fraction of sp³-hybridized carbons (Fsp3) is 0.611. The van der Waals surface area contributed by atoms with Crippen molar-refractivity contribution in [2.24, 2.45) is 0 Å². The molecule has 1 aliphatic heterocycles. The third-order valence-electron chi connectivity index (χ3n) is 5.06. The molecule has 1 aromatic carbocycles. The molecule has 0 aromatic heterocycles. The second kappa shape index (κ2) is 6.39. The monoisotopic (exact) mass is 303 g/mol. The standard InChI is InChI=1S/C18H25NO3/c1-12-5-4-6-13(2)17(12)18(20)19-9-10-22-16-8-7-14(21-3)11-15(16)19/h4-6,14-16H,7-11H2,1-3H3. The maximum Gasteiger partial charge on any atom is 0.254 e. The van der Waals surface area contributed by atoms with Gasteiger partial charge in [0, 0.05) is 19.2 Å². The molecule has 0 N–H and O–H groups in total. The minimum absolute atomic E-state index is 0.138. The summed E-state index contributed by atoms with van der Waals surface area (Å²) < 4.78 is 11.4. The number of morpholine rings is 1. The van der Waals surface area contributed by atoms with Gasteiger partial charge in [0.2, 0.25) is 0 Å². The van der Waals surface area contributed by atoms with Crippen LogP contribution in [-0.2, 0) is 9.47 Å². The molecule has 22 heavy (non-hydrogen) atoms. The zero-order chi connectivity index (χ0) is 15.7. The summed E-state index contributed by atoms with van der Waals surface area (Å²) in [4.78, 5) is 15.1. The Bertz CT molecular complexity index is 537. The van der Waals surface area contributed by atoms with Gasteiger partial charge >= 0.3 is 0 Å². The van der Waals surface area contributed by atoms with Crippen LogP contribution in [-0.4, -0.2) is 49.3 Å². The summed E-state index contributed by atoms with van der Waals surface area (Å²) in [5.74, 6) is 0.144. The van der Waals surface area contributed by atoms with E-state index in [1.807, 2.05) is 36.9 Å². The first-order valence-electron chi connectivity index (χ1n) is 8.13. The van der Waals surface area contributed by atoms with E-state index in [0.717, 1.165) is 36.0 Å². The van der Waals surface area contributed by atoms with Crippen molar-refractivity contribution in [3.05, 3.63) is 34.9 Å². The summed E-state index contributed by atoms with van der Waals surface area (Å²) in [5.41, 5.74) is 2.95. The van der Waals surface area contributed by atoms with Gasteiger partial charge in [-0.1, -0.05) is 18.2 Å². The summed E-state index contributed by atoms with van der Waals surface area (Å²) in [5, 5.41) is 0. The Morgan fingerprint density at radius 3 is 2.68 bits per heavy atom. The molecule has 0 bridgehead atoms. The van der Waals surface area contributed by atoms with Crippen LogP contribution >= 0.6 is 0 Å². The topological polar surface area (TPSA) is 38.8 Å². The van der Waals surface area contributed by atoms with Crippen LogP contribution in [0, 0.1) is 13.8 Å². The van der Waals surface area contributed by atoms with Crippen LogP contribution in [0.3, 0.4) is 0 Å². The Morgan fingerprint density at radius 1 is 1.27 bits per heavy atom. The van der Waals surface area contributed by atoms with Crippen molar-refractivity contribution in [3.8, 4) is 0 Å². The molecule has 1 saturated heterocycles. The number of methoxy groups -OCH3 is 1. The van der Waals surface area contributed by atoms with Crippen LogP contribution < -0.4 is 0 Å². The highest BCUT2D eigenvalue weighted by Gasteiger charge is 2.40. The molecule has 1 amide bonds. The quantitative estimate of drug-likeness (QED) is 0.843. The smallest absolute Gasteiger partial charge is 0.254 e. The summed E-state index contributed by atoms with van der Waals surface area (Å²) in [6, 6.07) is 6.16. The van der Waals surface area contributed by atoms with E-state index >= 15 is 0 Å². The summed E-state index contributed by atoms with van der Waals surface area (Å²) in [6.45, 7) is 5.33. The van der Waals surface area contributed by atoms with Crippen molar-refractivity contribution in [2.45, 2.75) is 51.4 Å². The third kappa shape index (κ3) is 2.77. The number of amides is 1. The zero-order valence-electron chi connectivity index (χ0n) is 13.7. The average molecular weight is 303 g/mol. The van der Waals surface area contributed by atoms with Gasteiger partial charge in [-0.3, -0.25) is 4.79 Å². The molecule has 1 heterocycles. The van der Waals surface area contributed by atoms with E-state index in [1.54, 1.807) is 7.11 Å². The lowest BCUT2D eigenvalue weighted by Gasteiger charge is -2.45. The van der Waals surface area contributed by atoms with Gasteiger partial charge in [-0.15, -0.1) is 0 Å². The lowest BCUT2D eigenvalue weighted by molar-refractivity contribution is -0.101. The van der Waals surface area contributed by atoms with E-state index < -0.39 is 0 Å². The highest BCUT2D eigenvalue weighted by Crippen LogP contribution is 2.31. The summed E-state index contributed by atoms with van der Waals surface area (Å²) >= 11 is 0. The highest BCUT2D eigenvalue weighted by atomic mass is 16.5. The van der Waals surface area contributed by atoms with Crippen LogP contribution in [0.4, 0.5) is 0 Å². The predicted octanol–water partition coefficient (Wildman–Crippen LogP) is 2.71. The van der Waals surface area contributed by atoms with Gasteiger partial charge < -0.3 is 14.4 Å². The molecule has 4 nitrogen and oxygen atoms in total. The van der Waals surface area contributed by atoms with E-state index in [0.29, 0.717) is 13.2 Å². The fourth-order valence-corrected chi connectivity index (χ4v) is 3.83. The largest absolute Gasteiger partial charge is 0.381 e. The summed E-state index contributed by atoms with van der Waals surface area (Å²) in [7, 11) is 1.76. The lowest BCUT2D eigenvalue weighted by Crippen LogP contribution is -2.57. The number of nitrogens with zero attached hydrogens (tertiary/aromatic N) is 1. The first-order valence-corrected chi connectivity index (χ1v) is 8.13. The normalized spacial score (nSPS) is 28.3. The molecule has 2 aliphatic rings. The number of hydrogen-bond donors (Lipinski definition) is 0. The molecule has 2 fully saturated rings. The van der Waals surface area contributed by atoms with Crippen LogP contribution in [0.1, 0.15) is 40.7 Å². The fourth-order valence-electron chi connectivity index (χ4n) is 3.83. The lowest BCUT2D eigenvalue weighted by atomic mass is 9.87. The minimum atomic E-state index is 0.138. The minimum Gasteiger partial charge on any atom is -0.381 e. The number of hydrogen-bond acceptors (Lipinski definition) is 3. The molecule has 3 atom stereocenters. The Balaban J connectivity index is 1.87. The first kappa shape index (κ1) is 15.5.